The van der Waals surface area contributed by atoms with Crippen LogP contribution in [0.5, 0.6) is 11.5 Å². The van der Waals surface area contributed by atoms with Crippen LogP contribution in [0.3, 0.4) is 0 Å². The maximum Gasteiger partial charge on any atom is 0.419 e. The molecule has 0 saturated carbocycles. The maximum absolute atomic E-state index is 11.7. The molecule has 23 heavy (non-hydrogen) atoms. The second-order valence-electron chi connectivity index (χ2n) is 4.67. The number of hydrogen-bond donors (Lipinski definition) is 1. The van der Waals surface area contributed by atoms with Crippen molar-refractivity contribution in [3.8, 4) is 11.5 Å². The number of carbonyl (C=O) groups excluding carboxylic acids is 2. The molecular weight excluding hydrogens is 314 g/mol. The van der Waals surface area contributed by atoms with Crippen molar-refractivity contribution in [1.29, 1.82) is 0 Å². The van der Waals surface area contributed by atoms with Gasteiger partial charge in [-0.15, -0.1) is 11.8 Å². The molecule has 120 valence electrons. The molecule has 5 nitrogen and oxygen atoms in total. The van der Waals surface area contributed by atoms with Crippen molar-refractivity contribution in [2.24, 2.45) is 0 Å². The van der Waals surface area contributed by atoms with Gasteiger partial charge in [-0.3, -0.25) is 10.1 Å². The summed E-state index contributed by atoms with van der Waals surface area (Å²) in [7, 11) is 0. The summed E-state index contributed by atoms with van der Waals surface area (Å²) in [4.78, 5) is 24.4. The molecule has 0 aromatic heterocycles. The van der Waals surface area contributed by atoms with Gasteiger partial charge in [-0.25, -0.2) is 4.79 Å². The van der Waals surface area contributed by atoms with Gasteiger partial charge in [-0.1, -0.05) is 18.2 Å². The van der Waals surface area contributed by atoms with Crippen LogP contribution < -0.4 is 14.8 Å². The molecule has 0 atom stereocenters. The second kappa shape index (κ2) is 8.24. The van der Waals surface area contributed by atoms with E-state index in [-0.39, 0.29) is 6.61 Å². The summed E-state index contributed by atoms with van der Waals surface area (Å²) in [5, 5.41) is 2.12. The molecular formula is C17H17NO4S. The standard InChI is InChI=1S/C17H17NO4S/c1-12-10-14(8-9-15(12)23-2)22-17(20)18-16(19)11-21-13-6-4-3-5-7-13/h3-10H,11H2,1-2H3,(H,18,19,20). The van der Waals surface area contributed by atoms with Gasteiger partial charge < -0.3 is 9.47 Å². The molecule has 2 aromatic carbocycles. The molecule has 0 aliphatic rings. The van der Waals surface area contributed by atoms with Gasteiger partial charge in [0.2, 0.25) is 0 Å². The summed E-state index contributed by atoms with van der Waals surface area (Å²) in [5.74, 6) is 0.366. The van der Waals surface area contributed by atoms with Crippen LogP contribution in [-0.4, -0.2) is 24.9 Å². The largest absolute Gasteiger partial charge is 0.484 e. The molecule has 0 heterocycles. The summed E-state index contributed by atoms with van der Waals surface area (Å²) in [5.41, 5.74) is 1.00. The molecule has 2 amide bonds. The number of hydrogen-bond acceptors (Lipinski definition) is 5. The van der Waals surface area contributed by atoms with Crippen molar-refractivity contribution in [2.45, 2.75) is 11.8 Å². The van der Waals surface area contributed by atoms with Gasteiger partial charge in [0, 0.05) is 4.90 Å². The fraction of sp³-hybridized carbons (Fsp3) is 0.176. The molecule has 6 heteroatoms. The maximum atomic E-state index is 11.7. The zero-order valence-electron chi connectivity index (χ0n) is 12.9. The monoisotopic (exact) mass is 331 g/mol. The summed E-state index contributed by atoms with van der Waals surface area (Å²) in [6.07, 6.45) is 1.14. The highest BCUT2D eigenvalue weighted by Gasteiger charge is 2.11. The first-order chi connectivity index (χ1) is 11.1. The SMILES string of the molecule is CSc1ccc(OC(=O)NC(=O)COc2ccccc2)cc1C. The fourth-order valence-electron chi connectivity index (χ4n) is 1.86. The summed E-state index contributed by atoms with van der Waals surface area (Å²) in [6, 6.07) is 14.2. The number of benzene rings is 2. The van der Waals surface area contributed by atoms with Crippen molar-refractivity contribution in [2.75, 3.05) is 12.9 Å². The number of ether oxygens (including phenoxy) is 2. The van der Waals surface area contributed by atoms with Gasteiger partial charge in [-0.2, -0.15) is 0 Å². The summed E-state index contributed by atoms with van der Waals surface area (Å²) >= 11 is 1.61. The molecule has 1 N–H and O–H groups in total. The van der Waals surface area contributed by atoms with E-state index < -0.39 is 12.0 Å². The van der Waals surface area contributed by atoms with E-state index >= 15 is 0 Å². The lowest BCUT2D eigenvalue weighted by Gasteiger charge is -2.09. The zero-order valence-corrected chi connectivity index (χ0v) is 13.7. The van der Waals surface area contributed by atoms with Crippen LogP contribution in [0.4, 0.5) is 4.79 Å². The van der Waals surface area contributed by atoms with E-state index in [1.165, 1.54) is 0 Å². The highest BCUT2D eigenvalue weighted by atomic mass is 32.2. The normalized spacial score (nSPS) is 10.0. The van der Waals surface area contributed by atoms with E-state index in [1.807, 2.05) is 25.3 Å². The van der Waals surface area contributed by atoms with Crippen molar-refractivity contribution >= 4 is 23.8 Å². The van der Waals surface area contributed by atoms with Crippen molar-refractivity contribution in [1.82, 2.24) is 5.32 Å². The van der Waals surface area contributed by atoms with E-state index in [4.69, 9.17) is 9.47 Å². The van der Waals surface area contributed by atoms with Crippen LogP contribution >= 0.6 is 11.8 Å². The number of imide groups is 1. The Morgan fingerprint density at radius 2 is 1.83 bits per heavy atom. The third-order valence-electron chi connectivity index (χ3n) is 2.93. The van der Waals surface area contributed by atoms with Gasteiger partial charge in [0.25, 0.3) is 5.91 Å². The average molecular weight is 331 g/mol. The number of rotatable bonds is 5. The predicted molar refractivity (Wildman–Crippen MR) is 89.1 cm³/mol. The third kappa shape index (κ3) is 5.34. The minimum Gasteiger partial charge on any atom is -0.484 e. The number of nitrogens with one attached hydrogen (secondary N) is 1. The number of amides is 2. The fourth-order valence-corrected chi connectivity index (χ4v) is 2.45. The third-order valence-corrected chi connectivity index (χ3v) is 3.83. The number of carbonyl (C=O) groups is 2. The van der Waals surface area contributed by atoms with Crippen LogP contribution in [0.2, 0.25) is 0 Å². The van der Waals surface area contributed by atoms with Crippen LogP contribution in [0.15, 0.2) is 53.4 Å². The van der Waals surface area contributed by atoms with Gasteiger partial charge in [0.1, 0.15) is 11.5 Å². The van der Waals surface area contributed by atoms with Crippen molar-refractivity contribution in [3.63, 3.8) is 0 Å². The van der Waals surface area contributed by atoms with Gasteiger partial charge in [0.15, 0.2) is 6.61 Å². The summed E-state index contributed by atoms with van der Waals surface area (Å²) < 4.78 is 10.3. The van der Waals surface area contributed by atoms with Gasteiger partial charge in [-0.05, 0) is 49.1 Å². The van der Waals surface area contributed by atoms with E-state index in [2.05, 4.69) is 5.32 Å². The molecule has 2 aromatic rings. The Morgan fingerprint density at radius 3 is 2.48 bits per heavy atom. The Balaban J connectivity index is 1.82. The van der Waals surface area contributed by atoms with Crippen LogP contribution in [-0.2, 0) is 4.79 Å². The van der Waals surface area contributed by atoms with E-state index in [9.17, 15) is 9.59 Å². The Labute approximate surface area is 139 Å². The molecule has 0 fully saturated rings. The summed E-state index contributed by atoms with van der Waals surface area (Å²) in [6.45, 7) is 1.67. The number of aryl methyl sites for hydroxylation is 1. The molecule has 2 rings (SSSR count). The van der Waals surface area contributed by atoms with Gasteiger partial charge >= 0.3 is 6.09 Å². The molecule has 0 aliphatic heterocycles. The van der Waals surface area contributed by atoms with E-state index in [0.29, 0.717) is 11.5 Å². The quantitative estimate of drug-likeness (QED) is 0.851. The Morgan fingerprint density at radius 1 is 1.09 bits per heavy atom. The number of para-hydroxylation sites is 1. The smallest absolute Gasteiger partial charge is 0.419 e. The van der Waals surface area contributed by atoms with Crippen LogP contribution in [0, 0.1) is 6.92 Å². The topological polar surface area (TPSA) is 64.6 Å². The minimum absolute atomic E-state index is 0.260. The molecule has 0 unspecified atom stereocenters. The van der Waals surface area contributed by atoms with E-state index in [1.54, 1.807) is 48.2 Å². The first-order valence-electron chi connectivity index (χ1n) is 6.92. The van der Waals surface area contributed by atoms with Crippen molar-refractivity contribution < 1.29 is 19.1 Å². The van der Waals surface area contributed by atoms with E-state index in [0.717, 1.165) is 10.5 Å². The lowest BCUT2D eigenvalue weighted by Crippen LogP contribution is -2.36. The highest BCUT2D eigenvalue weighted by Crippen LogP contribution is 2.24. The highest BCUT2D eigenvalue weighted by molar-refractivity contribution is 7.98. The zero-order chi connectivity index (χ0) is 16.7. The first kappa shape index (κ1) is 16.9. The number of thioether (sulfide) groups is 1. The Hall–Kier alpha value is -2.47. The van der Waals surface area contributed by atoms with Crippen molar-refractivity contribution in [3.05, 3.63) is 54.1 Å². The first-order valence-corrected chi connectivity index (χ1v) is 8.15. The second-order valence-corrected chi connectivity index (χ2v) is 5.52. The Bertz CT molecular complexity index is 688. The molecule has 0 aliphatic carbocycles. The van der Waals surface area contributed by atoms with Crippen LogP contribution in [0.25, 0.3) is 0 Å². The molecule has 0 radical (unpaired) electrons. The lowest BCUT2D eigenvalue weighted by atomic mass is 10.2. The minimum atomic E-state index is -0.831. The lowest BCUT2D eigenvalue weighted by molar-refractivity contribution is -0.122. The predicted octanol–water partition coefficient (Wildman–Crippen LogP) is 3.41. The molecule has 0 spiro atoms. The molecule has 0 bridgehead atoms. The van der Waals surface area contributed by atoms with Gasteiger partial charge in [0.05, 0.1) is 0 Å². The molecule has 0 saturated heterocycles. The Kier molecular flexibility index (Phi) is 6.05. The van der Waals surface area contributed by atoms with Crippen LogP contribution in [0.1, 0.15) is 5.56 Å². The average Bonchev–Trinajstić information content (AvgIpc) is 2.54.